The maximum atomic E-state index is 11.9. The number of nitrogens with two attached hydrogens (primary N) is 1. The summed E-state index contributed by atoms with van der Waals surface area (Å²) < 4.78 is 0. The molecule has 0 saturated heterocycles. The highest BCUT2D eigenvalue weighted by Gasteiger charge is 2.13. The van der Waals surface area contributed by atoms with Gasteiger partial charge in [0.15, 0.2) is 5.69 Å². The van der Waals surface area contributed by atoms with Crippen molar-refractivity contribution < 1.29 is 4.79 Å². The Hall–Kier alpha value is -1.69. The summed E-state index contributed by atoms with van der Waals surface area (Å²) in [6.07, 6.45) is 0.928. The van der Waals surface area contributed by atoms with Gasteiger partial charge in [-0.15, -0.1) is 10.2 Å². The van der Waals surface area contributed by atoms with Crippen LogP contribution in [0.3, 0.4) is 0 Å². The predicted octanol–water partition coefficient (Wildman–Crippen LogP) is 0.0825. The molecule has 1 aromatic rings. The molecule has 0 unspecified atom stereocenters. The van der Waals surface area contributed by atoms with Gasteiger partial charge in [0.05, 0.1) is 0 Å². The summed E-state index contributed by atoms with van der Waals surface area (Å²) in [6.45, 7) is 1.65. The van der Waals surface area contributed by atoms with Gasteiger partial charge in [-0.2, -0.15) is 0 Å². The highest BCUT2D eigenvalue weighted by atomic mass is 16.2. The fourth-order valence-electron chi connectivity index (χ4n) is 1.38. The molecule has 17 heavy (non-hydrogen) atoms. The highest BCUT2D eigenvalue weighted by Crippen LogP contribution is 2.02. The van der Waals surface area contributed by atoms with Crippen LogP contribution in [0.1, 0.15) is 16.9 Å². The molecular weight excluding hydrogens is 218 g/mol. The van der Waals surface area contributed by atoms with Crippen molar-refractivity contribution in [1.82, 2.24) is 20.0 Å². The molecule has 0 saturated carbocycles. The molecule has 1 aromatic heterocycles. The maximum absolute atomic E-state index is 11.9. The lowest BCUT2D eigenvalue weighted by Crippen LogP contribution is -2.30. The second-order valence-corrected chi connectivity index (χ2v) is 4.23. The SMILES string of the molecule is CN(C)CCCN(C)C(=O)c1ccc(N)nn1. The first-order valence-electron chi connectivity index (χ1n) is 5.50. The zero-order chi connectivity index (χ0) is 12.8. The molecule has 0 fully saturated rings. The first-order valence-corrected chi connectivity index (χ1v) is 5.50. The average Bonchev–Trinajstić information content (AvgIpc) is 2.28. The smallest absolute Gasteiger partial charge is 0.274 e. The summed E-state index contributed by atoms with van der Waals surface area (Å²) in [5, 5.41) is 7.43. The van der Waals surface area contributed by atoms with Crippen LogP contribution in [0.25, 0.3) is 0 Å². The Balaban J connectivity index is 2.49. The lowest BCUT2D eigenvalue weighted by Gasteiger charge is -2.17. The van der Waals surface area contributed by atoms with Gasteiger partial charge in [-0.1, -0.05) is 0 Å². The van der Waals surface area contributed by atoms with Crippen molar-refractivity contribution in [2.45, 2.75) is 6.42 Å². The normalized spacial score (nSPS) is 10.6. The summed E-state index contributed by atoms with van der Waals surface area (Å²) in [6, 6.07) is 3.17. The molecule has 6 heteroatoms. The second-order valence-electron chi connectivity index (χ2n) is 4.23. The van der Waals surface area contributed by atoms with E-state index in [4.69, 9.17) is 5.73 Å². The van der Waals surface area contributed by atoms with E-state index >= 15 is 0 Å². The minimum absolute atomic E-state index is 0.128. The Bertz CT molecular complexity index is 363. The Morgan fingerprint density at radius 2 is 1.94 bits per heavy atom. The van der Waals surface area contributed by atoms with Crippen molar-refractivity contribution in [2.75, 3.05) is 40.0 Å². The second kappa shape index (κ2) is 6.15. The van der Waals surface area contributed by atoms with Crippen LogP contribution >= 0.6 is 0 Å². The number of nitrogen functional groups attached to an aromatic ring is 1. The Kier molecular flexibility index (Phi) is 4.84. The first kappa shape index (κ1) is 13.4. The van der Waals surface area contributed by atoms with Crippen LogP contribution in [-0.2, 0) is 0 Å². The Morgan fingerprint density at radius 1 is 1.24 bits per heavy atom. The third-order valence-corrected chi connectivity index (χ3v) is 2.35. The number of rotatable bonds is 5. The standard InChI is InChI=1S/C11H19N5O/c1-15(2)7-4-8-16(3)11(17)9-5-6-10(12)14-13-9/h5-6H,4,7-8H2,1-3H3,(H2,12,14). The molecule has 1 amide bonds. The number of aromatic nitrogens is 2. The van der Waals surface area contributed by atoms with Gasteiger partial charge in [0.25, 0.3) is 5.91 Å². The number of carbonyl (C=O) groups excluding carboxylic acids is 1. The van der Waals surface area contributed by atoms with E-state index in [1.807, 2.05) is 14.1 Å². The summed E-state index contributed by atoms with van der Waals surface area (Å²) in [4.78, 5) is 15.6. The fraction of sp³-hybridized carbons (Fsp3) is 0.545. The monoisotopic (exact) mass is 237 g/mol. The zero-order valence-electron chi connectivity index (χ0n) is 10.6. The van der Waals surface area contributed by atoms with Crippen LogP contribution in [0.5, 0.6) is 0 Å². The maximum Gasteiger partial charge on any atom is 0.274 e. The first-order chi connectivity index (χ1) is 8.00. The van der Waals surface area contributed by atoms with Crippen LogP contribution in [0.15, 0.2) is 12.1 Å². The lowest BCUT2D eigenvalue weighted by molar-refractivity contribution is 0.0784. The summed E-state index contributed by atoms with van der Waals surface area (Å²) in [5.74, 6) is 0.188. The quantitative estimate of drug-likeness (QED) is 0.785. The molecule has 0 aliphatic carbocycles. The van der Waals surface area contributed by atoms with Crippen LogP contribution in [0, 0.1) is 0 Å². The number of nitrogens with zero attached hydrogens (tertiary/aromatic N) is 4. The van der Waals surface area contributed by atoms with Crippen molar-refractivity contribution >= 4 is 11.7 Å². The van der Waals surface area contributed by atoms with Crippen LogP contribution in [0.4, 0.5) is 5.82 Å². The van der Waals surface area contributed by atoms with E-state index in [0.717, 1.165) is 13.0 Å². The van der Waals surface area contributed by atoms with Gasteiger partial charge in [-0.3, -0.25) is 4.79 Å². The molecule has 0 spiro atoms. The molecule has 2 N–H and O–H groups in total. The molecule has 1 rings (SSSR count). The van der Waals surface area contributed by atoms with E-state index in [9.17, 15) is 4.79 Å². The predicted molar refractivity (Wildman–Crippen MR) is 66.6 cm³/mol. The number of amides is 1. The number of hydrogen-bond acceptors (Lipinski definition) is 5. The molecule has 6 nitrogen and oxygen atoms in total. The Labute approximate surface area is 101 Å². The third-order valence-electron chi connectivity index (χ3n) is 2.35. The van der Waals surface area contributed by atoms with E-state index in [1.165, 1.54) is 0 Å². The van der Waals surface area contributed by atoms with E-state index in [-0.39, 0.29) is 5.91 Å². The third kappa shape index (κ3) is 4.36. The molecule has 0 aliphatic heterocycles. The number of carbonyl (C=O) groups is 1. The molecule has 1 heterocycles. The van der Waals surface area contributed by atoms with Crippen LogP contribution in [0.2, 0.25) is 0 Å². The van der Waals surface area contributed by atoms with Crippen LogP contribution in [-0.4, -0.2) is 60.1 Å². The van der Waals surface area contributed by atoms with Gasteiger partial charge in [0, 0.05) is 13.6 Å². The highest BCUT2D eigenvalue weighted by molar-refractivity contribution is 5.92. The molecule has 0 atom stereocenters. The van der Waals surface area contributed by atoms with Crippen LogP contribution < -0.4 is 5.73 Å². The van der Waals surface area contributed by atoms with Gasteiger partial charge < -0.3 is 15.5 Å². The number of hydrogen-bond donors (Lipinski definition) is 1. The summed E-state index contributed by atoms with van der Waals surface area (Å²) in [5.41, 5.74) is 5.74. The van der Waals surface area contributed by atoms with Crippen molar-refractivity contribution in [1.29, 1.82) is 0 Å². The minimum atomic E-state index is -0.128. The molecule has 0 bridgehead atoms. The zero-order valence-corrected chi connectivity index (χ0v) is 10.6. The van der Waals surface area contributed by atoms with Gasteiger partial charge in [0.2, 0.25) is 0 Å². The molecule has 0 aromatic carbocycles. The minimum Gasteiger partial charge on any atom is -0.382 e. The van der Waals surface area contributed by atoms with E-state index in [0.29, 0.717) is 18.1 Å². The van der Waals surface area contributed by atoms with Gasteiger partial charge in [0.1, 0.15) is 5.82 Å². The molecule has 94 valence electrons. The number of anilines is 1. The van der Waals surface area contributed by atoms with Crippen molar-refractivity contribution in [2.24, 2.45) is 0 Å². The van der Waals surface area contributed by atoms with Gasteiger partial charge in [-0.05, 0) is 39.2 Å². The molecule has 0 aliphatic rings. The topological polar surface area (TPSA) is 75.3 Å². The van der Waals surface area contributed by atoms with Gasteiger partial charge >= 0.3 is 0 Å². The lowest BCUT2D eigenvalue weighted by atomic mass is 10.3. The van der Waals surface area contributed by atoms with E-state index in [2.05, 4.69) is 15.1 Å². The molecule has 0 radical (unpaired) electrons. The molecular formula is C11H19N5O. The fourth-order valence-corrected chi connectivity index (χ4v) is 1.38. The van der Waals surface area contributed by atoms with Crippen molar-refractivity contribution in [3.8, 4) is 0 Å². The van der Waals surface area contributed by atoms with Crippen molar-refractivity contribution in [3.63, 3.8) is 0 Å². The average molecular weight is 237 g/mol. The largest absolute Gasteiger partial charge is 0.382 e. The van der Waals surface area contributed by atoms with Gasteiger partial charge in [-0.25, -0.2) is 0 Å². The van der Waals surface area contributed by atoms with E-state index in [1.54, 1.807) is 24.1 Å². The Morgan fingerprint density at radius 3 is 2.47 bits per heavy atom. The van der Waals surface area contributed by atoms with E-state index < -0.39 is 0 Å². The van der Waals surface area contributed by atoms with Crippen molar-refractivity contribution in [3.05, 3.63) is 17.8 Å². The summed E-state index contributed by atoms with van der Waals surface area (Å²) in [7, 11) is 5.77. The summed E-state index contributed by atoms with van der Waals surface area (Å²) >= 11 is 0.